The highest BCUT2D eigenvalue weighted by atomic mass is 79.9. The van der Waals surface area contributed by atoms with Crippen LogP contribution in [0.2, 0.25) is 0 Å². The quantitative estimate of drug-likeness (QED) is 0.779. The largest absolute Gasteiger partial charge is 0.370 e. The Morgan fingerprint density at radius 1 is 1.44 bits per heavy atom. The highest BCUT2D eigenvalue weighted by Gasteiger charge is 2.21. The summed E-state index contributed by atoms with van der Waals surface area (Å²) in [6.45, 7) is 2.26. The van der Waals surface area contributed by atoms with E-state index < -0.39 is 0 Å². The molecule has 0 bridgehead atoms. The summed E-state index contributed by atoms with van der Waals surface area (Å²) in [7, 11) is 4.33. The number of piperidine rings is 1. The molecule has 1 unspecified atom stereocenters. The minimum absolute atomic E-state index is 0.557. The Morgan fingerprint density at radius 2 is 2.22 bits per heavy atom. The van der Waals surface area contributed by atoms with Crippen LogP contribution in [0.5, 0.6) is 0 Å². The highest BCUT2D eigenvalue weighted by Crippen LogP contribution is 2.27. The smallest absolute Gasteiger partial charge is 0.0485 e. The predicted molar refractivity (Wildman–Crippen MR) is 82.6 cm³/mol. The van der Waals surface area contributed by atoms with Gasteiger partial charge in [-0.15, -0.1) is 11.6 Å². The molecule has 4 heteroatoms. The maximum atomic E-state index is 5.88. The molecule has 1 aromatic carbocycles. The fourth-order valence-electron chi connectivity index (χ4n) is 2.45. The van der Waals surface area contributed by atoms with Crippen molar-refractivity contribution in [2.45, 2.75) is 24.8 Å². The van der Waals surface area contributed by atoms with Crippen LogP contribution in [-0.4, -0.2) is 38.1 Å². The number of nitrogens with zero attached hydrogens (tertiary/aromatic N) is 2. The number of benzene rings is 1. The summed E-state index contributed by atoms with van der Waals surface area (Å²) < 4.78 is 1.11. The molecule has 0 aliphatic carbocycles. The summed E-state index contributed by atoms with van der Waals surface area (Å²) in [6.07, 6.45) is 2.56. The van der Waals surface area contributed by atoms with Gasteiger partial charge in [-0.05, 0) is 44.6 Å². The van der Waals surface area contributed by atoms with Gasteiger partial charge in [-0.3, -0.25) is 0 Å². The van der Waals surface area contributed by atoms with Gasteiger partial charge in [0.05, 0.1) is 0 Å². The Kier molecular flexibility index (Phi) is 4.93. The number of alkyl halides is 1. The molecule has 1 heterocycles. The van der Waals surface area contributed by atoms with Crippen LogP contribution < -0.4 is 4.90 Å². The number of halogens is 2. The van der Waals surface area contributed by atoms with E-state index in [-0.39, 0.29) is 0 Å². The van der Waals surface area contributed by atoms with Crippen molar-refractivity contribution >= 4 is 33.2 Å². The monoisotopic (exact) mass is 330 g/mol. The molecule has 0 spiro atoms. The fraction of sp³-hybridized carbons (Fsp3) is 0.571. The van der Waals surface area contributed by atoms with Gasteiger partial charge in [0.15, 0.2) is 0 Å². The first-order valence-corrected chi connectivity index (χ1v) is 7.70. The third kappa shape index (κ3) is 3.19. The van der Waals surface area contributed by atoms with Gasteiger partial charge in [-0.1, -0.05) is 22.0 Å². The van der Waals surface area contributed by atoms with E-state index in [0.29, 0.717) is 11.9 Å². The van der Waals surface area contributed by atoms with Gasteiger partial charge < -0.3 is 9.80 Å². The van der Waals surface area contributed by atoms with Crippen LogP contribution in [-0.2, 0) is 5.88 Å². The molecule has 1 aromatic rings. The Labute approximate surface area is 123 Å². The zero-order valence-electron chi connectivity index (χ0n) is 11.0. The Balaban J connectivity index is 2.13. The van der Waals surface area contributed by atoms with Crippen LogP contribution >= 0.6 is 27.5 Å². The SMILES string of the molecule is CN(C)C1CCCN(c2ccc(CCl)c(Br)c2)C1. The van der Waals surface area contributed by atoms with Crippen LogP contribution in [0.1, 0.15) is 18.4 Å². The molecule has 0 amide bonds. The first-order valence-electron chi connectivity index (χ1n) is 6.37. The summed E-state index contributed by atoms with van der Waals surface area (Å²) in [6, 6.07) is 7.15. The first-order chi connectivity index (χ1) is 8.61. The van der Waals surface area contributed by atoms with Gasteiger partial charge in [0.2, 0.25) is 0 Å². The number of hydrogen-bond acceptors (Lipinski definition) is 2. The average Bonchev–Trinajstić information content (AvgIpc) is 2.38. The predicted octanol–water partition coefficient (Wildman–Crippen LogP) is 3.72. The van der Waals surface area contributed by atoms with Crippen molar-refractivity contribution in [3.63, 3.8) is 0 Å². The van der Waals surface area contributed by atoms with Crippen molar-refractivity contribution < 1.29 is 0 Å². The second kappa shape index (κ2) is 6.27. The molecule has 2 nitrogen and oxygen atoms in total. The molecule has 100 valence electrons. The van der Waals surface area contributed by atoms with Crippen molar-refractivity contribution in [3.05, 3.63) is 28.2 Å². The average molecular weight is 332 g/mol. The summed E-state index contributed by atoms with van der Waals surface area (Å²) in [5, 5.41) is 0. The normalized spacial score (nSPS) is 20.5. The number of rotatable bonds is 3. The van der Waals surface area contributed by atoms with E-state index >= 15 is 0 Å². The lowest BCUT2D eigenvalue weighted by Gasteiger charge is -2.37. The molecular formula is C14H20BrClN2. The van der Waals surface area contributed by atoms with E-state index in [4.69, 9.17) is 11.6 Å². The second-order valence-corrected chi connectivity index (χ2v) is 6.24. The third-order valence-corrected chi connectivity index (χ3v) is 4.70. The van der Waals surface area contributed by atoms with Crippen molar-refractivity contribution in [2.75, 3.05) is 32.1 Å². The lowest BCUT2D eigenvalue weighted by Crippen LogP contribution is -2.45. The molecule has 1 aliphatic rings. The third-order valence-electron chi connectivity index (χ3n) is 3.67. The van der Waals surface area contributed by atoms with Crippen molar-refractivity contribution in [1.29, 1.82) is 0 Å². The van der Waals surface area contributed by atoms with Gasteiger partial charge in [0.1, 0.15) is 0 Å². The van der Waals surface area contributed by atoms with E-state index in [1.54, 1.807) is 0 Å². The van der Waals surface area contributed by atoms with E-state index in [1.807, 2.05) is 0 Å². The topological polar surface area (TPSA) is 6.48 Å². The van der Waals surface area contributed by atoms with Crippen LogP contribution in [0.15, 0.2) is 22.7 Å². The first kappa shape index (κ1) is 14.2. The minimum Gasteiger partial charge on any atom is -0.370 e. The fourth-order valence-corrected chi connectivity index (χ4v) is 3.35. The summed E-state index contributed by atoms with van der Waals surface area (Å²) in [5.74, 6) is 0.557. The second-order valence-electron chi connectivity index (χ2n) is 5.12. The minimum atomic E-state index is 0.557. The number of hydrogen-bond donors (Lipinski definition) is 0. The summed E-state index contributed by atoms with van der Waals surface area (Å²) >= 11 is 9.48. The molecule has 2 rings (SSSR count). The lowest BCUT2D eigenvalue weighted by molar-refractivity contribution is 0.258. The van der Waals surface area contributed by atoms with Crippen molar-refractivity contribution in [2.24, 2.45) is 0 Å². The van der Waals surface area contributed by atoms with Crippen molar-refractivity contribution in [3.8, 4) is 0 Å². The molecule has 18 heavy (non-hydrogen) atoms. The van der Waals surface area contributed by atoms with Crippen LogP contribution in [0.25, 0.3) is 0 Å². The summed E-state index contributed by atoms with van der Waals surface area (Å²) in [4.78, 5) is 4.80. The van der Waals surface area contributed by atoms with E-state index in [1.165, 1.54) is 18.5 Å². The molecule has 0 aromatic heterocycles. The summed E-state index contributed by atoms with van der Waals surface area (Å²) in [5.41, 5.74) is 2.45. The van der Waals surface area contributed by atoms with Gasteiger partial charge >= 0.3 is 0 Å². The van der Waals surface area contributed by atoms with E-state index in [0.717, 1.165) is 23.1 Å². The van der Waals surface area contributed by atoms with E-state index in [2.05, 4.69) is 58.0 Å². The lowest BCUT2D eigenvalue weighted by atomic mass is 10.0. The standard InChI is InChI=1S/C14H20BrClN2/c1-17(2)13-4-3-7-18(10-13)12-6-5-11(9-16)14(15)8-12/h5-6,8,13H,3-4,7,9-10H2,1-2H3. The van der Waals surface area contributed by atoms with Gasteiger partial charge in [0, 0.05) is 35.2 Å². The number of anilines is 1. The molecule has 1 saturated heterocycles. The van der Waals surface area contributed by atoms with Gasteiger partial charge in [-0.25, -0.2) is 0 Å². The molecule has 0 radical (unpaired) electrons. The van der Waals surface area contributed by atoms with Gasteiger partial charge in [0.25, 0.3) is 0 Å². The zero-order chi connectivity index (χ0) is 13.1. The molecular weight excluding hydrogens is 312 g/mol. The maximum absolute atomic E-state index is 5.88. The van der Waals surface area contributed by atoms with Crippen LogP contribution in [0, 0.1) is 0 Å². The molecule has 0 N–H and O–H groups in total. The molecule has 1 atom stereocenters. The van der Waals surface area contributed by atoms with Gasteiger partial charge in [-0.2, -0.15) is 0 Å². The molecule has 1 aliphatic heterocycles. The number of likely N-dealkylation sites (N-methyl/N-ethyl adjacent to an activating group) is 1. The van der Waals surface area contributed by atoms with Crippen molar-refractivity contribution in [1.82, 2.24) is 4.90 Å². The van der Waals surface area contributed by atoms with E-state index in [9.17, 15) is 0 Å². The van der Waals surface area contributed by atoms with Crippen LogP contribution in [0.3, 0.4) is 0 Å². The Bertz CT molecular complexity index is 409. The zero-order valence-corrected chi connectivity index (χ0v) is 13.3. The van der Waals surface area contributed by atoms with Crippen LogP contribution in [0.4, 0.5) is 5.69 Å². The Morgan fingerprint density at radius 3 is 2.83 bits per heavy atom. The Hall–Kier alpha value is -0.250. The maximum Gasteiger partial charge on any atom is 0.0485 e. The molecule has 1 fully saturated rings. The highest BCUT2D eigenvalue weighted by molar-refractivity contribution is 9.10. The molecule has 0 saturated carbocycles.